The largest absolute Gasteiger partial charge is 0.379 e. The molecular weight excluding hydrogens is 204 g/mol. The Kier molecular flexibility index (Phi) is 3.39. The van der Waals surface area contributed by atoms with Crippen LogP contribution >= 0.6 is 0 Å². The van der Waals surface area contributed by atoms with E-state index in [1.807, 2.05) is 11.6 Å². The third-order valence-corrected chi connectivity index (χ3v) is 3.17. The summed E-state index contributed by atoms with van der Waals surface area (Å²) in [6.07, 6.45) is 3.59. The summed E-state index contributed by atoms with van der Waals surface area (Å²) in [6.45, 7) is 5.61. The van der Waals surface area contributed by atoms with E-state index in [2.05, 4.69) is 12.0 Å². The SMILES string of the molecule is CCc1nn(C2CCOC2)c(CC)c1C=O. The molecule has 1 unspecified atom stereocenters. The lowest BCUT2D eigenvalue weighted by Gasteiger charge is -2.11. The smallest absolute Gasteiger partial charge is 0.153 e. The van der Waals surface area contributed by atoms with E-state index >= 15 is 0 Å². The first-order valence-corrected chi connectivity index (χ1v) is 5.94. The molecular formula is C12H18N2O2. The van der Waals surface area contributed by atoms with Gasteiger partial charge in [0.25, 0.3) is 0 Å². The second-order valence-corrected chi connectivity index (χ2v) is 4.09. The van der Waals surface area contributed by atoms with Crippen molar-refractivity contribution >= 4 is 6.29 Å². The average Bonchev–Trinajstić information content (AvgIpc) is 2.94. The molecule has 0 radical (unpaired) electrons. The Labute approximate surface area is 95.6 Å². The molecule has 0 amide bonds. The molecule has 16 heavy (non-hydrogen) atoms. The Morgan fingerprint density at radius 1 is 1.50 bits per heavy atom. The van der Waals surface area contributed by atoms with Gasteiger partial charge in [-0.15, -0.1) is 0 Å². The second-order valence-electron chi connectivity index (χ2n) is 4.09. The van der Waals surface area contributed by atoms with Gasteiger partial charge in [-0.2, -0.15) is 5.10 Å². The summed E-state index contributed by atoms with van der Waals surface area (Å²) < 4.78 is 7.39. The first-order chi connectivity index (χ1) is 7.81. The predicted molar refractivity (Wildman–Crippen MR) is 60.8 cm³/mol. The predicted octanol–water partition coefficient (Wildman–Crippen LogP) is 1.78. The summed E-state index contributed by atoms with van der Waals surface area (Å²) in [5.74, 6) is 0. The highest BCUT2D eigenvalue weighted by molar-refractivity contribution is 5.78. The molecule has 0 spiro atoms. The molecule has 0 aromatic carbocycles. The first-order valence-electron chi connectivity index (χ1n) is 5.94. The highest BCUT2D eigenvalue weighted by Gasteiger charge is 2.24. The lowest BCUT2D eigenvalue weighted by atomic mass is 10.1. The summed E-state index contributed by atoms with van der Waals surface area (Å²) in [7, 11) is 0. The number of ether oxygens (including phenoxy) is 1. The van der Waals surface area contributed by atoms with Crippen molar-refractivity contribution in [1.82, 2.24) is 9.78 Å². The maximum atomic E-state index is 11.1. The number of carbonyl (C=O) groups excluding carboxylic acids is 1. The van der Waals surface area contributed by atoms with Gasteiger partial charge in [0.1, 0.15) is 0 Å². The summed E-state index contributed by atoms with van der Waals surface area (Å²) >= 11 is 0. The van der Waals surface area contributed by atoms with Gasteiger partial charge in [0.05, 0.1) is 23.9 Å². The zero-order valence-electron chi connectivity index (χ0n) is 9.90. The fourth-order valence-corrected chi connectivity index (χ4v) is 2.30. The number of rotatable bonds is 4. The molecule has 0 N–H and O–H groups in total. The van der Waals surface area contributed by atoms with Crippen molar-refractivity contribution in [3.8, 4) is 0 Å². The lowest BCUT2D eigenvalue weighted by molar-refractivity contribution is 0.112. The highest BCUT2D eigenvalue weighted by atomic mass is 16.5. The minimum Gasteiger partial charge on any atom is -0.379 e. The number of aromatic nitrogens is 2. The molecule has 0 aliphatic carbocycles. The monoisotopic (exact) mass is 222 g/mol. The van der Waals surface area contributed by atoms with Crippen LogP contribution in [0.25, 0.3) is 0 Å². The molecule has 1 aromatic heterocycles. The standard InChI is InChI=1S/C12H18N2O2/c1-3-11-10(7-15)12(4-2)14(13-11)9-5-6-16-8-9/h7,9H,3-6,8H2,1-2H3. The Balaban J connectivity index is 2.42. The molecule has 1 aliphatic heterocycles. The second kappa shape index (κ2) is 4.78. The third-order valence-electron chi connectivity index (χ3n) is 3.17. The van der Waals surface area contributed by atoms with Crippen molar-refractivity contribution in [1.29, 1.82) is 0 Å². The molecule has 4 heteroatoms. The maximum absolute atomic E-state index is 11.1. The summed E-state index contributed by atoms with van der Waals surface area (Å²) in [5, 5.41) is 4.56. The van der Waals surface area contributed by atoms with E-state index in [-0.39, 0.29) is 0 Å². The highest BCUT2D eigenvalue weighted by Crippen LogP contribution is 2.24. The molecule has 0 bridgehead atoms. The molecule has 1 aromatic rings. The molecule has 88 valence electrons. The number of hydrogen-bond acceptors (Lipinski definition) is 3. The van der Waals surface area contributed by atoms with Gasteiger partial charge in [-0.25, -0.2) is 0 Å². The van der Waals surface area contributed by atoms with Crippen LogP contribution in [-0.2, 0) is 17.6 Å². The fraction of sp³-hybridized carbons (Fsp3) is 0.667. The van der Waals surface area contributed by atoms with Crippen LogP contribution < -0.4 is 0 Å². The van der Waals surface area contributed by atoms with Crippen molar-refractivity contribution in [2.24, 2.45) is 0 Å². The van der Waals surface area contributed by atoms with Crippen LogP contribution in [0.2, 0.25) is 0 Å². The Morgan fingerprint density at radius 2 is 2.31 bits per heavy atom. The van der Waals surface area contributed by atoms with E-state index in [0.29, 0.717) is 6.04 Å². The quantitative estimate of drug-likeness (QED) is 0.729. The topological polar surface area (TPSA) is 44.1 Å². The third kappa shape index (κ3) is 1.78. The molecule has 2 heterocycles. The van der Waals surface area contributed by atoms with Crippen LogP contribution in [0, 0.1) is 0 Å². The van der Waals surface area contributed by atoms with Gasteiger partial charge in [-0.05, 0) is 19.3 Å². The van der Waals surface area contributed by atoms with E-state index in [1.54, 1.807) is 0 Å². The van der Waals surface area contributed by atoms with Crippen molar-refractivity contribution in [2.45, 2.75) is 39.2 Å². The van der Waals surface area contributed by atoms with E-state index in [9.17, 15) is 4.79 Å². The van der Waals surface area contributed by atoms with Crippen LogP contribution in [0.15, 0.2) is 0 Å². The zero-order valence-corrected chi connectivity index (χ0v) is 9.90. The normalized spacial score (nSPS) is 20.2. The summed E-state index contributed by atoms with van der Waals surface area (Å²) in [5.41, 5.74) is 2.76. The zero-order chi connectivity index (χ0) is 11.5. The number of carbonyl (C=O) groups is 1. The van der Waals surface area contributed by atoms with E-state index in [1.165, 1.54) is 0 Å². The molecule has 1 fully saturated rings. The van der Waals surface area contributed by atoms with Gasteiger partial charge in [0.2, 0.25) is 0 Å². The molecule has 1 atom stereocenters. The first kappa shape index (κ1) is 11.3. The molecule has 1 saturated heterocycles. The van der Waals surface area contributed by atoms with E-state index in [0.717, 1.165) is 55.7 Å². The van der Waals surface area contributed by atoms with Crippen LogP contribution in [-0.4, -0.2) is 29.3 Å². The van der Waals surface area contributed by atoms with Gasteiger partial charge in [0, 0.05) is 12.3 Å². The number of hydrogen-bond donors (Lipinski definition) is 0. The number of nitrogens with zero attached hydrogens (tertiary/aromatic N) is 2. The summed E-state index contributed by atoms with van der Waals surface area (Å²) in [4.78, 5) is 11.1. The average molecular weight is 222 g/mol. The van der Waals surface area contributed by atoms with Crippen molar-refractivity contribution < 1.29 is 9.53 Å². The van der Waals surface area contributed by atoms with Gasteiger partial charge >= 0.3 is 0 Å². The Hall–Kier alpha value is -1.16. The Bertz CT molecular complexity index is 379. The van der Waals surface area contributed by atoms with Crippen LogP contribution in [0.5, 0.6) is 0 Å². The molecule has 0 saturated carbocycles. The van der Waals surface area contributed by atoms with Gasteiger partial charge < -0.3 is 4.74 Å². The van der Waals surface area contributed by atoms with Crippen LogP contribution in [0.3, 0.4) is 0 Å². The number of aryl methyl sites for hydroxylation is 1. The number of aldehydes is 1. The summed E-state index contributed by atoms with van der Waals surface area (Å²) in [6, 6.07) is 0.314. The van der Waals surface area contributed by atoms with E-state index < -0.39 is 0 Å². The van der Waals surface area contributed by atoms with Crippen molar-refractivity contribution in [3.63, 3.8) is 0 Å². The van der Waals surface area contributed by atoms with Gasteiger partial charge in [-0.3, -0.25) is 9.48 Å². The minimum absolute atomic E-state index is 0.314. The molecule has 2 rings (SSSR count). The van der Waals surface area contributed by atoms with Crippen molar-refractivity contribution in [2.75, 3.05) is 13.2 Å². The fourth-order valence-electron chi connectivity index (χ4n) is 2.30. The van der Waals surface area contributed by atoms with Crippen LogP contribution in [0.1, 0.15) is 48.1 Å². The molecule has 4 nitrogen and oxygen atoms in total. The van der Waals surface area contributed by atoms with Gasteiger partial charge in [0.15, 0.2) is 6.29 Å². The van der Waals surface area contributed by atoms with Crippen molar-refractivity contribution in [3.05, 3.63) is 17.0 Å². The van der Waals surface area contributed by atoms with Gasteiger partial charge in [-0.1, -0.05) is 13.8 Å². The maximum Gasteiger partial charge on any atom is 0.153 e. The Morgan fingerprint density at radius 3 is 2.81 bits per heavy atom. The van der Waals surface area contributed by atoms with Crippen LogP contribution in [0.4, 0.5) is 0 Å². The molecule has 1 aliphatic rings. The minimum atomic E-state index is 0.314. The lowest BCUT2D eigenvalue weighted by Crippen LogP contribution is -2.13. The van der Waals surface area contributed by atoms with E-state index in [4.69, 9.17) is 4.74 Å².